The van der Waals surface area contributed by atoms with E-state index in [9.17, 15) is 14.4 Å². The Labute approximate surface area is 267 Å². The zero-order valence-electron chi connectivity index (χ0n) is 25.7. The molecule has 45 heavy (non-hydrogen) atoms. The van der Waals surface area contributed by atoms with Crippen molar-refractivity contribution in [3.8, 4) is 5.75 Å². The van der Waals surface area contributed by atoms with E-state index in [2.05, 4.69) is 27.4 Å². The predicted molar refractivity (Wildman–Crippen MR) is 172 cm³/mol. The molecule has 2 atom stereocenters. The van der Waals surface area contributed by atoms with Crippen LogP contribution in [-0.4, -0.2) is 88.7 Å². The molecule has 1 aliphatic heterocycles. The van der Waals surface area contributed by atoms with Crippen molar-refractivity contribution in [1.29, 1.82) is 0 Å². The van der Waals surface area contributed by atoms with Gasteiger partial charge in [-0.1, -0.05) is 35.9 Å². The van der Waals surface area contributed by atoms with Crippen molar-refractivity contribution in [1.82, 2.24) is 20.2 Å². The smallest absolute Gasteiger partial charge is 0.414 e. The number of rotatable bonds is 12. The molecule has 1 aliphatic rings. The van der Waals surface area contributed by atoms with E-state index in [0.29, 0.717) is 10.5 Å². The lowest BCUT2D eigenvalue weighted by Gasteiger charge is -2.45. The number of nitrogens with two attached hydrogens (primary N) is 2. The zero-order chi connectivity index (χ0) is 32.6. The van der Waals surface area contributed by atoms with Crippen LogP contribution in [0.15, 0.2) is 48.5 Å². The molecule has 6 N–H and O–H groups in total. The van der Waals surface area contributed by atoms with Crippen LogP contribution in [0.2, 0.25) is 5.15 Å². The molecule has 1 fully saturated rings. The lowest BCUT2D eigenvalue weighted by Crippen LogP contribution is -2.60. The first-order valence-electron chi connectivity index (χ1n) is 15.0. The van der Waals surface area contributed by atoms with Crippen LogP contribution in [0.5, 0.6) is 5.75 Å². The number of nitrogen functional groups attached to an aromatic ring is 2. The molecule has 0 aliphatic carbocycles. The van der Waals surface area contributed by atoms with Gasteiger partial charge in [0.25, 0.3) is 11.8 Å². The molecule has 1 saturated heterocycles. The Hall–Kier alpha value is -4.42. The van der Waals surface area contributed by atoms with Gasteiger partial charge in [-0.05, 0) is 61.1 Å². The van der Waals surface area contributed by atoms with Gasteiger partial charge in [-0.2, -0.15) is 0 Å². The minimum absolute atomic E-state index is 0.0234. The third-order valence-electron chi connectivity index (χ3n) is 8.40. The number of methoxy groups -OCH3 is 1. The SMILES string of the molecule is COc1ccc(CCC[N+]2(CCCc3ccc(C(=O)N(C)C(=O)O)cc3)CCCC(NC(=O)c3nc(Cl)c(N)nc3N)C2)cc1. The second kappa shape index (κ2) is 15.0. The number of nitrogens with zero attached hydrogens (tertiary/aromatic N) is 4. The lowest BCUT2D eigenvalue weighted by atomic mass is 9.98. The number of aryl methyl sites for hydroxylation is 2. The Morgan fingerprint density at radius 1 is 1.00 bits per heavy atom. The number of benzene rings is 2. The summed E-state index contributed by atoms with van der Waals surface area (Å²) in [6.45, 7) is 3.62. The highest BCUT2D eigenvalue weighted by molar-refractivity contribution is 6.31. The Bertz CT molecular complexity index is 1500. The second-order valence-corrected chi connectivity index (χ2v) is 11.9. The standard InChI is InChI=1S/C32H40ClN7O5/c1-39(32(43)44)31(42)23-13-9-21(10-14-23)6-3-17-40(18-4-7-22-11-15-25(45-2)16-12-22)19-5-8-24(20-40)36-30(41)26-28(34)38-29(35)27(33)37-26/h9-16,24H,3-8,17-20H2,1-2H3,(H5-,34,35,36,38,41,43,44)/p+1. The van der Waals surface area contributed by atoms with Crippen molar-refractivity contribution < 1.29 is 28.7 Å². The summed E-state index contributed by atoms with van der Waals surface area (Å²) in [5, 5.41) is 12.1. The monoisotopic (exact) mass is 638 g/mol. The first kappa shape index (κ1) is 33.5. The van der Waals surface area contributed by atoms with E-state index in [1.165, 1.54) is 12.6 Å². The van der Waals surface area contributed by atoms with Crippen molar-refractivity contribution in [2.75, 3.05) is 51.8 Å². The normalized spacial score (nSPS) is 17.8. The van der Waals surface area contributed by atoms with Gasteiger partial charge in [-0.3, -0.25) is 9.59 Å². The fraction of sp³-hybridized carbons (Fsp3) is 0.406. The number of likely N-dealkylation sites (tertiary alicyclic amines) is 1. The van der Waals surface area contributed by atoms with E-state index in [-0.39, 0.29) is 28.5 Å². The summed E-state index contributed by atoms with van der Waals surface area (Å²) < 4.78 is 6.14. The summed E-state index contributed by atoms with van der Waals surface area (Å²) in [4.78, 5) is 45.3. The average molecular weight is 639 g/mol. The van der Waals surface area contributed by atoms with Crippen LogP contribution >= 0.6 is 11.6 Å². The molecule has 1 aromatic heterocycles. The highest BCUT2D eigenvalue weighted by atomic mass is 35.5. The van der Waals surface area contributed by atoms with Crippen molar-refractivity contribution in [2.45, 2.75) is 44.6 Å². The minimum atomic E-state index is -1.30. The van der Waals surface area contributed by atoms with Crippen LogP contribution in [0.3, 0.4) is 0 Å². The van der Waals surface area contributed by atoms with Crippen LogP contribution in [0, 0.1) is 0 Å². The summed E-state index contributed by atoms with van der Waals surface area (Å²) in [5.41, 5.74) is 14.2. The van der Waals surface area contributed by atoms with E-state index in [1.807, 2.05) is 24.3 Å². The lowest BCUT2D eigenvalue weighted by molar-refractivity contribution is -0.933. The molecular formula is C32H41ClN7O5+. The molecule has 2 unspecified atom stereocenters. The number of carbonyl (C=O) groups is 3. The zero-order valence-corrected chi connectivity index (χ0v) is 26.4. The molecule has 0 radical (unpaired) electrons. The van der Waals surface area contributed by atoms with Gasteiger partial charge in [0.05, 0.1) is 39.3 Å². The number of carbonyl (C=O) groups excluding carboxylic acids is 2. The fourth-order valence-electron chi connectivity index (χ4n) is 5.95. The molecule has 240 valence electrons. The van der Waals surface area contributed by atoms with Crippen LogP contribution in [0.4, 0.5) is 16.4 Å². The number of hydrogen-bond acceptors (Lipinski definition) is 8. The van der Waals surface area contributed by atoms with Crippen molar-refractivity contribution in [3.05, 3.63) is 76.1 Å². The van der Waals surface area contributed by atoms with Crippen LogP contribution in [0.1, 0.15) is 57.7 Å². The average Bonchev–Trinajstić information content (AvgIpc) is 3.03. The Morgan fingerprint density at radius 2 is 1.60 bits per heavy atom. The summed E-state index contributed by atoms with van der Waals surface area (Å²) in [6, 6.07) is 15.1. The number of imide groups is 1. The third kappa shape index (κ3) is 8.83. The Morgan fingerprint density at radius 3 is 2.18 bits per heavy atom. The van der Waals surface area contributed by atoms with Gasteiger partial charge < -0.3 is 31.1 Å². The molecule has 0 saturated carbocycles. The summed E-state index contributed by atoms with van der Waals surface area (Å²) in [6.07, 6.45) is 4.09. The number of quaternary nitrogens is 1. The van der Waals surface area contributed by atoms with Gasteiger partial charge in [0, 0.05) is 25.5 Å². The number of carboxylic acid groups (broad SMARTS) is 1. The van der Waals surface area contributed by atoms with Crippen molar-refractivity contribution in [3.63, 3.8) is 0 Å². The number of aromatic nitrogens is 2. The number of ether oxygens (including phenoxy) is 1. The van der Waals surface area contributed by atoms with E-state index in [4.69, 9.17) is 32.9 Å². The highest BCUT2D eigenvalue weighted by Gasteiger charge is 2.35. The largest absolute Gasteiger partial charge is 0.497 e. The maximum Gasteiger partial charge on any atom is 0.414 e. The Balaban J connectivity index is 1.43. The maximum atomic E-state index is 13.1. The first-order chi connectivity index (χ1) is 21.5. The second-order valence-electron chi connectivity index (χ2n) is 11.5. The number of piperidine rings is 1. The van der Waals surface area contributed by atoms with E-state index < -0.39 is 17.9 Å². The molecule has 0 bridgehead atoms. The van der Waals surface area contributed by atoms with Gasteiger partial charge in [0.2, 0.25) is 0 Å². The summed E-state index contributed by atoms with van der Waals surface area (Å²) in [5.74, 6) is -0.243. The molecule has 4 rings (SSSR count). The van der Waals surface area contributed by atoms with Gasteiger partial charge in [-0.15, -0.1) is 0 Å². The van der Waals surface area contributed by atoms with Gasteiger partial charge in [0.15, 0.2) is 22.5 Å². The molecule has 2 aromatic carbocycles. The van der Waals surface area contributed by atoms with Crippen LogP contribution < -0.4 is 21.5 Å². The van der Waals surface area contributed by atoms with Crippen LogP contribution in [0.25, 0.3) is 0 Å². The number of nitrogens with one attached hydrogen (secondary N) is 1. The minimum Gasteiger partial charge on any atom is -0.497 e. The molecule has 12 nitrogen and oxygen atoms in total. The van der Waals surface area contributed by atoms with E-state index >= 15 is 0 Å². The Kier molecular flexibility index (Phi) is 11.2. The molecule has 3 aromatic rings. The third-order valence-corrected chi connectivity index (χ3v) is 8.67. The molecule has 2 heterocycles. The topological polar surface area (TPSA) is 174 Å². The number of halogens is 1. The summed E-state index contributed by atoms with van der Waals surface area (Å²) in [7, 11) is 2.89. The first-order valence-corrected chi connectivity index (χ1v) is 15.4. The van der Waals surface area contributed by atoms with Gasteiger partial charge >= 0.3 is 6.09 Å². The maximum absolute atomic E-state index is 13.1. The highest BCUT2D eigenvalue weighted by Crippen LogP contribution is 2.24. The molecular weight excluding hydrogens is 598 g/mol. The number of hydrogen-bond donors (Lipinski definition) is 4. The number of anilines is 2. The van der Waals surface area contributed by atoms with E-state index in [0.717, 1.165) is 80.5 Å². The quantitative estimate of drug-likeness (QED) is 0.214. The van der Waals surface area contributed by atoms with Crippen LogP contribution in [-0.2, 0) is 12.8 Å². The van der Waals surface area contributed by atoms with Gasteiger partial charge in [-0.25, -0.2) is 19.7 Å². The van der Waals surface area contributed by atoms with Crippen molar-refractivity contribution in [2.24, 2.45) is 0 Å². The molecule has 13 heteroatoms. The van der Waals surface area contributed by atoms with Gasteiger partial charge in [0.1, 0.15) is 5.75 Å². The fourth-order valence-corrected chi connectivity index (χ4v) is 6.07. The number of amides is 3. The summed E-state index contributed by atoms with van der Waals surface area (Å²) >= 11 is 6.01. The molecule has 3 amide bonds. The predicted octanol–water partition coefficient (Wildman–Crippen LogP) is 4.03. The molecule has 0 spiro atoms. The van der Waals surface area contributed by atoms with Crippen molar-refractivity contribution >= 4 is 41.1 Å². The van der Waals surface area contributed by atoms with E-state index in [1.54, 1.807) is 19.2 Å².